The molecule has 2 N–H and O–H groups in total. The number of rotatable bonds is 3. The number of nitrogens with two attached hydrogens (primary N) is 1. The van der Waals surface area contributed by atoms with E-state index in [0.29, 0.717) is 24.1 Å². The van der Waals surface area contributed by atoms with Crippen LogP contribution in [0.2, 0.25) is 0 Å². The van der Waals surface area contributed by atoms with Gasteiger partial charge in [0.15, 0.2) is 0 Å². The summed E-state index contributed by atoms with van der Waals surface area (Å²) < 4.78 is 11.0. The molecule has 1 aliphatic heterocycles. The minimum absolute atomic E-state index is 0.562. The molecule has 88 valence electrons. The second-order valence-corrected chi connectivity index (χ2v) is 4.21. The first-order valence-electron chi connectivity index (χ1n) is 5.69. The maximum atomic E-state index is 5.89. The van der Waals surface area contributed by atoms with Crippen molar-refractivity contribution in [1.29, 1.82) is 0 Å². The maximum Gasteiger partial charge on any atom is 0.237 e. The lowest BCUT2D eigenvalue weighted by molar-refractivity contribution is 0.0492. The van der Waals surface area contributed by atoms with Crippen LogP contribution in [0, 0.1) is 12.8 Å². The largest absolute Gasteiger partial charge is 0.476 e. The van der Waals surface area contributed by atoms with Crippen molar-refractivity contribution in [2.24, 2.45) is 5.92 Å². The molecule has 0 amide bonds. The second kappa shape index (κ2) is 5.16. The number of anilines is 1. The summed E-state index contributed by atoms with van der Waals surface area (Å²) in [5.41, 5.74) is 7.54. The van der Waals surface area contributed by atoms with Gasteiger partial charge in [0, 0.05) is 19.4 Å². The van der Waals surface area contributed by atoms with Gasteiger partial charge in [0.25, 0.3) is 0 Å². The fraction of sp³-hybridized carbons (Fsp3) is 0.583. The van der Waals surface area contributed by atoms with Crippen LogP contribution in [0.5, 0.6) is 5.88 Å². The Morgan fingerprint density at radius 3 is 3.00 bits per heavy atom. The van der Waals surface area contributed by atoms with Gasteiger partial charge in [0.2, 0.25) is 5.88 Å². The summed E-state index contributed by atoms with van der Waals surface area (Å²) in [6.07, 6.45) is 3.85. The standard InChI is InChI=1S/C12H18N2O2/c1-9-2-5-14-12(11(9)13)16-8-10-3-6-15-7-4-10/h2,5,10H,3-4,6-8,13H2,1H3. The van der Waals surface area contributed by atoms with Gasteiger partial charge < -0.3 is 15.2 Å². The lowest BCUT2D eigenvalue weighted by Gasteiger charge is -2.22. The summed E-state index contributed by atoms with van der Waals surface area (Å²) >= 11 is 0. The van der Waals surface area contributed by atoms with E-state index in [1.165, 1.54) is 0 Å². The van der Waals surface area contributed by atoms with Gasteiger partial charge in [-0.05, 0) is 37.3 Å². The van der Waals surface area contributed by atoms with Gasteiger partial charge >= 0.3 is 0 Å². The topological polar surface area (TPSA) is 57.4 Å². The van der Waals surface area contributed by atoms with E-state index in [1.54, 1.807) is 6.20 Å². The molecule has 0 unspecified atom stereocenters. The summed E-state index contributed by atoms with van der Waals surface area (Å²) in [6.45, 7) is 4.32. The molecule has 1 aromatic heterocycles. The number of nitrogen functional groups attached to an aromatic ring is 1. The van der Waals surface area contributed by atoms with E-state index < -0.39 is 0 Å². The summed E-state index contributed by atoms with van der Waals surface area (Å²) in [6, 6.07) is 1.89. The lowest BCUT2D eigenvalue weighted by Crippen LogP contribution is -2.22. The zero-order valence-corrected chi connectivity index (χ0v) is 9.61. The zero-order chi connectivity index (χ0) is 11.4. The highest BCUT2D eigenvalue weighted by Gasteiger charge is 2.15. The van der Waals surface area contributed by atoms with E-state index in [9.17, 15) is 0 Å². The van der Waals surface area contributed by atoms with Crippen LogP contribution in [0.15, 0.2) is 12.3 Å². The van der Waals surface area contributed by atoms with Gasteiger partial charge in [0.05, 0.1) is 12.3 Å². The predicted molar refractivity (Wildman–Crippen MR) is 62.4 cm³/mol. The molecule has 2 heterocycles. The molecule has 0 aliphatic carbocycles. The first-order chi connectivity index (χ1) is 7.77. The smallest absolute Gasteiger partial charge is 0.237 e. The molecule has 4 heteroatoms. The molecule has 1 fully saturated rings. The molecule has 0 aromatic carbocycles. The van der Waals surface area contributed by atoms with E-state index in [2.05, 4.69) is 4.98 Å². The second-order valence-electron chi connectivity index (χ2n) is 4.21. The van der Waals surface area contributed by atoms with Gasteiger partial charge in [-0.15, -0.1) is 0 Å². The first-order valence-corrected chi connectivity index (χ1v) is 5.69. The van der Waals surface area contributed by atoms with Crippen molar-refractivity contribution in [3.63, 3.8) is 0 Å². The molecule has 0 saturated carbocycles. The van der Waals surface area contributed by atoms with Crippen LogP contribution in [-0.4, -0.2) is 24.8 Å². The minimum Gasteiger partial charge on any atom is -0.476 e. The summed E-state index contributed by atoms with van der Waals surface area (Å²) in [4.78, 5) is 4.15. The minimum atomic E-state index is 0.562. The highest BCUT2D eigenvalue weighted by molar-refractivity contribution is 5.53. The molecule has 1 aromatic rings. The van der Waals surface area contributed by atoms with Gasteiger partial charge in [-0.3, -0.25) is 0 Å². The molecular weight excluding hydrogens is 204 g/mol. The van der Waals surface area contributed by atoms with Gasteiger partial charge in [0.1, 0.15) is 0 Å². The van der Waals surface area contributed by atoms with Crippen LogP contribution in [0.1, 0.15) is 18.4 Å². The Morgan fingerprint density at radius 1 is 1.50 bits per heavy atom. The molecule has 0 bridgehead atoms. The average molecular weight is 222 g/mol. The third-order valence-electron chi connectivity index (χ3n) is 2.97. The van der Waals surface area contributed by atoms with Crippen LogP contribution in [0.25, 0.3) is 0 Å². The fourth-order valence-electron chi connectivity index (χ4n) is 1.77. The average Bonchev–Trinajstić information content (AvgIpc) is 2.32. The molecule has 2 rings (SSSR count). The Labute approximate surface area is 95.8 Å². The van der Waals surface area contributed by atoms with Crippen LogP contribution in [0.3, 0.4) is 0 Å². The van der Waals surface area contributed by atoms with Gasteiger partial charge in [-0.25, -0.2) is 4.98 Å². The van der Waals surface area contributed by atoms with E-state index in [-0.39, 0.29) is 0 Å². The molecule has 0 radical (unpaired) electrons. The number of nitrogens with zero attached hydrogens (tertiary/aromatic N) is 1. The van der Waals surface area contributed by atoms with Crippen molar-refractivity contribution in [1.82, 2.24) is 4.98 Å². The molecule has 1 saturated heterocycles. The molecule has 1 aliphatic rings. The van der Waals surface area contributed by atoms with Crippen molar-refractivity contribution in [2.45, 2.75) is 19.8 Å². The Bertz CT molecular complexity index is 349. The normalized spacial score (nSPS) is 17.3. The Hall–Kier alpha value is -1.29. The van der Waals surface area contributed by atoms with Crippen LogP contribution < -0.4 is 10.5 Å². The maximum absolute atomic E-state index is 5.89. The third kappa shape index (κ3) is 2.64. The first kappa shape index (κ1) is 11.2. The fourth-order valence-corrected chi connectivity index (χ4v) is 1.77. The number of hydrogen-bond acceptors (Lipinski definition) is 4. The van der Waals surface area contributed by atoms with Crippen molar-refractivity contribution >= 4 is 5.69 Å². The van der Waals surface area contributed by atoms with E-state index in [0.717, 1.165) is 31.6 Å². The van der Waals surface area contributed by atoms with Crippen molar-refractivity contribution in [2.75, 3.05) is 25.6 Å². The van der Waals surface area contributed by atoms with Gasteiger partial charge in [-0.2, -0.15) is 0 Å². The number of pyridine rings is 1. The number of ether oxygens (including phenoxy) is 2. The lowest BCUT2D eigenvalue weighted by atomic mass is 10.0. The quantitative estimate of drug-likeness (QED) is 0.847. The summed E-state index contributed by atoms with van der Waals surface area (Å²) in [5.74, 6) is 1.13. The van der Waals surface area contributed by atoms with E-state index in [1.807, 2.05) is 13.0 Å². The van der Waals surface area contributed by atoms with Crippen LogP contribution in [0.4, 0.5) is 5.69 Å². The molecule has 0 spiro atoms. The Morgan fingerprint density at radius 2 is 2.25 bits per heavy atom. The van der Waals surface area contributed by atoms with Crippen LogP contribution in [-0.2, 0) is 4.74 Å². The van der Waals surface area contributed by atoms with Gasteiger partial charge in [-0.1, -0.05) is 0 Å². The summed E-state index contributed by atoms with van der Waals surface area (Å²) in [5, 5.41) is 0. The van der Waals surface area contributed by atoms with E-state index >= 15 is 0 Å². The third-order valence-corrected chi connectivity index (χ3v) is 2.97. The Balaban J connectivity index is 1.91. The molecule has 0 atom stereocenters. The number of hydrogen-bond donors (Lipinski definition) is 1. The molecule has 16 heavy (non-hydrogen) atoms. The van der Waals surface area contributed by atoms with Crippen LogP contribution >= 0.6 is 0 Å². The number of aromatic nitrogens is 1. The SMILES string of the molecule is Cc1ccnc(OCC2CCOCC2)c1N. The number of aryl methyl sites for hydroxylation is 1. The highest BCUT2D eigenvalue weighted by atomic mass is 16.5. The van der Waals surface area contributed by atoms with Crippen molar-refractivity contribution in [3.05, 3.63) is 17.8 Å². The van der Waals surface area contributed by atoms with Crippen molar-refractivity contribution in [3.8, 4) is 5.88 Å². The molecule has 4 nitrogen and oxygen atoms in total. The van der Waals surface area contributed by atoms with E-state index in [4.69, 9.17) is 15.2 Å². The monoisotopic (exact) mass is 222 g/mol. The highest BCUT2D eigenvalue weighted by Crippen LogP contribution is 2.23. The Kier molecular flexibility index (Phi) is 3.62. The molecular formula is C12H18N2O2. The zero-order valence-electron chi connectivity index (χ0n) is 9.61. The summed E-state index contributed by atoms with van der Waals surface area (Å²) in [7, 11) is 0. The van der Waals surface area contributed by atoms with Crippen molar-refractivity contribution < 1.29 is 9.47 Å². The predicted octanol–water partition coefficient (Wildman–Crippen LogP) is 1.78.